The highest BCUT2D eigenvalue weighted by Crippen LogP contribution is 2.10. The SMILES string of the molecule is CSSNC(=O)NC(N)=O. The first-order valence-corrected chi connectivity index (χ1v) is 4.78. The first-order chi connectivity index (χ1) is 4.66. The number of rotatable bonds is 2. The number of primary amides is 1. The second kappa shape index (κ2) is 5.24. The van der Waals surface area contributed by atoms with Gasteiger partial charge >= 0.3 is 12.1 Å². The van der Waals surface area contributed by atoms with Gasteiger partial charge in [0, 0.05) is 11.0 Å². The molecule has 0 fully saturated rings. The minimum atomic E-state index is -0.862. The standard InChI is InChI=1S/C3H7N3O2S2/c1-9-10-6-3(8)5-2(4)7/h1H3,(H4,4,5,6,7,8). The molecule has 0 aliphatic carbocycles. The van der Waals surface area contributed by atoms with Crippen molar-refractivity contribution >= 4 is 33.8 Å². The molecule has 0 bridgehead atoms. The number of urea groups is 2. The molecule has 0 saturated heterocycles. The van der Waals surface area contributed by atoms with E-state index in [0.717, 1.165) is 11.0 Å². The van der Waals surface area contributed by atoms with Gasteiger partial charge in [-0.15, -0.1) is 0 Å². The summed E-state index contributed by atoms with van der Waals surface area (Å²) >= 11 is 0. The van der Waals surface area contributed by atoms with Gasteiger partial charge in [0.25, 0.3) is 0 Å². The molecule has 0 atom stereocenters. The van der Waals surface area contributed by atoms with Crippen LogP contribution >= 0.6 is 21.8 Å². The predicted octanol–water partition coefficient (Wildman–Crippen LogP) is 0.291. The highest BCUT2D eigenvalue weighted by atomic mass is 33.1. The van der Waals surface area contributed by atoms with Crippen molar-refractivity contribution in [3.8, 4) is 0 Å². The summed E-state index contributed by atoms with van der Waals surface area (Å²) in [5, 5.41) is 1.83. The van der Waals surface area contributed by atoms with Crippen LogP contribution in [0.4, 0.5) is 9.59 Å². The van der Waals surface area contributed by atoms with Crippen LogP contribution in [0.2, 0.25) is 0 Å². The van der Waals surface area contributed by atoms with Crippen molar-refractivity contribution in [1.29, 1.82) is 0 Å². The van der Waals surface area contributed by atoms with Gasteiger partial charge in [0.05, 0.1) is 0 Å². The summed E-state index contributed by atoms with van der Waals surface area (Å²) in [4.78, 5) is 20.5. The zero-order chi connectivity index (χ0) is 7.98. The molecule has 0 spiro atoms. The molecular weight excluding hydrogens is 174 g/mol. The summed E-state index contributed by atoms with van der Waals surface area (Å²) in [6, 6.07) is -1.47. The van der Waals surface area contributed by atoms with E-state index in [1.807, 2.05) is 5.32 Å². The number of amides is 4. The molecule has 10 heavy (non-hydrogen) atoms. The van der Waals surface area contributed by atoms with E-state index >= 15 is 0 Å². The summed E-state index contributed by atoms with van der Waals surface area (Å²) in [6.45, 7) is 0. The number of carbonyl (C=O) groups is 2. The molecule has 5 nitrogen and oxygen atoms in total. The smallest absolute Gasteiger partial charge is 0.333 e. The Bertz CT molecular complexity index is 140. The first-order valence-electron chi connectivity index (χ1n) is 2.23. The number of imide groups is 1. The Morgan fingerprint density at radius 1 is 1.50 bits per heavy atom. The molecule has 0 radical (unpaired) electrons. The summed E-state index contributed by atoms with van der Waals surface area (Å²) in [6.07, 6.45) is 1.79. The van der Waals surface area contributed by atoms with Crippen LogP contribution in [0.1, 0.15) is 0 Å². The fourth-order valence-electron chi connectivity index (χ4n) is 0.217. The van der Waals surface area contributed by atoms with Crippen molar-refractivity contribution in [2.75, 3.05) is 6.26 Å². The third-order valence-electron chi connectivity index (χ3n) is 0.454. The molecule has 0 aliphatic heterocycles. The molecule has 0 rings (SSSR count). The van der Waals surface area contributed by atoms with Crippen molar-refractivity contribution < 1.29 is 9.59 Å². The van der Waals surface area contributed by atoms with E-state index in [1.165, 1.54) is 10.8 Å². The van der Waals surface area contributed by atoms with Crippen LogP contribution in [-0.4, -0.2) is 18.3 Å². The highest BCUT2D eigenvalue weighted by Gasteiger charge is 2.00. The van der Waals surface area contributed by atoms with Gasteiger partial charge in [-0.3, -0.25) is 10.0 Å². The Balaban J connectivity index is 3.35. The lowest BCUT2D eigenvalue weighted by atomic mass is 10.9. The zero-order valence-electron chi connectivity index (χ0n) is 5.21. The van der Waals surface area contributed by atoms with Crippen LogP contribution in [0.5, 0.6) is 0 Å². The van der Waals surface area contributed by atoms with Gasteiger partial charge in [-0.2, -0.15) is 0 Å². The number of nitrogens with two attached hydrogens (primary N) is 1. The summed E-state index contributed by atoms with van der Waals surface area (Å²) in [5.74, 6) is 0. The van der Waals surface area contributed by atoms with E-state index in [4.69, 9.17) is 0 Å². The molecule has 0 aromatic carbocycles. The van der Waals surface area contributed by atoms with Gasteiger partial charge in [-0.05, 0) is 6.26 Å². The van der Waals surface area contributed by atoms with Crippen LogP contribution in [-0.2, 0) is 0 Å². The average Bonchev–Trinajstić information content (AvgIpc) is 1.82. The molecule has 0 aromatic heterocycles. The summed E-state index contributed by atoms with van der Waals surface area (Å²) < 4.78 is 2.29. The third kappa shape index (κ3) is 5.57. The van der Waals surface area contributed by atoms with E-state index in [1.54, 1.807) is 6.26 Å². The first kappa shape index (κ1) is 9.44. The molecule has 0 aliphatic rings. The number of nitrogens with one attached hydrogen (secondary N) is 2. The molecule has 7 heteroatoms. The molecule has 58 valence electrons. The minimum Gasteiger partial charge on any atom is -0.351 e. The molecule has 4 amide bonds. The number of carbonyl (C=O) groups excluding carboxylic acids is 2. The van der Waals surface area contributed by atoms with Crippen molar-refractivity contribution in [2.24, 2.45) is 5.73 Å². The lowest BCUT2D eigenvalue weighted by molar-refractivity contribution is 0.235. The van der Waals surface area contributed by atoms with Gasteiger partial charge < -0.3 is 5.73 Å². The van der Waals surface area contributed by atoms with Gasteiger partial charge in [0.15, 0.2) is 0 Å². The number of hydrogen-bond acceptors (Lipinski definition) is 4. The Morgan fingerprint density at radius 2 is 2.10 bits per heavy atom. The monoisotopic (exact) mass is 181 g/mol. The Hall–Kier alpha value is -0.560. The molecule has 0 unspecified atom stereocenters. The largest absolute Gasteiger partial charge is 0.351 e. The van der Waals surface area contributed by atoms with Crippen molar-refractivity contribution in [3.63, 3.8) is 0 Å². The van der Waals surface area contributed by atoms with E-state index in [9.17, 15) is 9.59 Å². The lowest BCUT2D eigenvalue weighted by Crippen LogP contribution is -2.39. The van der Waals surface area contributed by atoms with Crippen molar-refractivity contribution in [3.05, 3.63) is 0 Å². The van der Waals surface area contributed by atoms with Crippen molar-refractivity contribution in [1.82, 2.24) is 10.0 Å². The van der Waals surface area contributed by atoms with Crippen molar-refractivity contribution in [2.45, 2.75) is 0 Å². The normalized spacial score (nSPS) is 8.50. The van der Waals surface area contributed by atoms with Crippen LogP contribution < -0.4 is 15.8 Å². The molecule has 4 N–H and O–H groups in total. The molecular formula is C3H7N3O2S2. The summed E-state index contributed by atoms with van der Waals surface area (Å²) in [7, 11) is 2.45. The maximum absolute atomic E-state index is 10.5. The maximum atomic E-state index is 10.5. The van der Waals surface area contributed by atoms with Gasteiger partial charge in [-0.25, -0.2) is 9.59 Å². The topological polar surface area (TPSA) is 84.2 Å². The quantitative estimate of drug-likeness (QED) is 0.422. The van der Waals surface area contributed by atoms with Gasteiger partial charge in [0.1, 0.15) is 0 Å². The Morgan fingerprint density at radius 3 is 2.50 bits per heavy atom. The van der Waals surface area contributed by atoms with E-state index in [2.05, 4.69) is 10.5 Å². The van der Waals surface area contributed by atoms with Crippen LogP contribution in [0, 0.1) is 0 Å². The predicted molar refractivity (Wildman–Crippen MR) is 42.4 cm³/mol. The number of hydrogen-bond donors (Lipinski definition) is 3. The second-order valence-electron chi connectivity index (χ2n) is 1.17. The van der Waals surface area contributed by atoms with Gasteiger partial charge in [0.2, 0.25) is 0 Å². The van der Waals surface area contributed by atoms with Gasteiger partial charge in [-0.1, -0.05) is 10.8 Å². The van der Waals surface area contributed by atoms with E-state index in [-0.39, 0.29) is 0 Å². The fraction of sp³-hybridized carbons (Fsp3) is 0.333. The molecule has 0 heterocycles. The summed E-state index contributed by atoms with van der Waals surface area (Å²) in [5.41, 5.74) is 4.64. The van der Waals surface area contributed by atoms with Crippen LogP contribution in [0.3, 0.4) is 0 Å². The lowest BCUT2D eigenvalue weighted by Gasteiger charge is -1.99. The Labute approximate surface area is 66.0 Å². The molecule has 0 saturated carbocycles. The van der Waals surface area contributed by atoms with E-state index < -0.39 is 12.1 Å². The maximum Gasteiger partial charge on any atom is 0.333 e. The molecule has 0 aromatic rings. The van der Waals surface area contributed by atoms with E-state index in [0.29, 0.717) is 0 Å². The highest BCUT2D eigenvalue weighted by molar-refractivity contribution is 8.75. The Kier molecular flexibility index (Phi) is 4.95. The second-order valence-corrected chi connectivity index (χ2v) is 3.37. The van der Waals surface area contributed by atoms with Crippen LogP contribution in [0.25, 0.3) is 0 Å². The minimum absolute atomic E-state index is 0.605. The zero-order valence-corrected chi connectivity index (χ0v) is 6.84. The van der Waals surface area contributed by atoms with Crippen LogP contribution in [0.15, 0.2) is 0 Å². The fourth-order valence-corrected chi connectivity index (χ4v) is 0.904. The average molecular weight is 181 g/mol. The third-order valence-corrected chi connectivity index (χ3v) is 1.64.